The van der Waals surface area contributed by atoms with Crippen LogP contribution in [0.15, 0.2) is 24.4 Å². The van der Waals surface area contributed by atoms with Crippen molar-refractivity contribution in [2.24, 2.45) is 0 Å². The van der Waals surface area contributed by atoms with Crippen molar-refractivity contribution in [3.8, 4) is 0 Å². The molecule has 1 heterocycles. The van der Waals surface area contributed by atoms with Gasteiger partial charge in [0.1, 0.15) is 0 Å². The number of aromatic amines is 1. The Kier molecular flexibility index (Phi) is 1.75. The minimum atomic E-state index is -0.107. The van der Waals surface area contributed by atoms with E-state index in [9.17, 15) is 0 Å². The molecule has 0 aliphatic carbocycles. The number of nitrogens with one attached hydrogen (secondary N) is 1. The van der Waals surface area contributed by atoms with Gasteiger partial charge in [-0.2, -0.15) is 5.10 Å². The average molecular weight is 171 g/mol. The molecule has 13 heavy (non-hydrogen) atoms. The van der Waals surface area contributed by atoms with Crippen LogP contribution in [0.4, 0.5) is 0 Å². The topological polar surface area (TPSA) is 33.0 Å². The lowest BCUT2D eigenvalue weighted by Crippen LogP contribution is -1.88. The molecule has 3 nitrogen and oxygen atoms in total. The lowest BCUT2D eigenvalue weighted by molar-refractivity contribution is 0.963. The van der Waals surface area contributed by atoms with Crippen LogP contribution in [0.3, 0.4) is 0 Å². The standard InChI is InChI=1S/C10H9N3/c1-7(11-2)9-5-3-4-8-6-12-13-10(8)9/h3-7H,1H3,(H,12,13). The van der Waals surface area contributed by atoms with Crippen LogP contribution in [0, 0.1) is 6.57 Å². The van der Waals surface area contributed by atoms with E-state index >= 15 is 0 Å². The van der Waals surface area contributed by atoms with Gasteiger partial charge in [0.25, 0.3) is 0 Å². The zero-order valence-electron chi connectivity index (χ0n) is 7.28. The van der Waals surface area contributed by atoms with Crippen LogP contribution in [0.5, 0.6) is 0 Å². The van der Waals surface area contributed by atoms with E-state index in [0.717, 1.165) is 16.5 Å². The highest BCUT2D eigenvalue weighted by Crippen LogP contribution is 2.24. The number of fused-ring (bicyclic) bond motifs is 1. The van der Waals surface area contributed by atoms with Gasteiger partial charge in [0.2, 0.25) is 6.04 Å². The van der Waals surface area contributed by atoms with Crippen molar-refractivity contribution in [3.05, 3.63) is 41.4 Å². The van der Waals surface area contributed by atoms with E-state index in [-0.39, 0.29) is 6.04 Å². The molecule has 1 atom stereocenters. The summed E-state index contributed by atoms with van der Waals surface area (Å²) in [5.41, 5.74) is 2.00. The number of benzene rings is 1. The third kappa shape index (κ3) is 1.17. The smallest absolute Gasteiger partial charge is 0.248 e. The van der Waals surface area contributed by atoms with E-state index in [0.29, 0.717) is 0 Å². The third-order valence-corrected chi connectivity index (χ3v) is 2.15. The second kappa shape index (κ2) is 2.91. The Labute approximate surface area is 76.2 Å². The van der Waals surface area contributed by atoms with E-state index in [2.05, 4.69) is 15.0 Å². The quantitative estimate of drug-likeness (QED) is 0.657. The molecule has 64 valence electrons. The normalized spacial score (nSPS) is 12.6. The summed E-state index contributed by atoms with van der Waals surface area (Å²) in [6, 6.07) is 5.79. The van der Waals surface area contributed by atoms with Crippen molar-refractivity contribution in [3.63, 3.8) is 0 Å². The second-order valence-corrected chi connectivity index (χ2v) is 2.99. The van der Waals surface area contributed by atoms with Crippen LogP contribution in [0.25, 0.3) is 15.7 Å². The van der Waals surface area contributed by atoms with Crippen molar-refractivity contribution in [1.29, 1.82) is 0 Å². The summed E-state index contributed by atoms with van der Waals surface area (Å²) in [6.07, 6.45) is 1.77. The molecule has 0 amide bonds. The molecule has 0 aliphatic rings. The van der Waals surface area contributed by atoms with Crippen molar-refractivity contribution < 1.29 is 0 Å². The molecular weight excluding hydrogens is 162 g/mol. The van der Waals surface area contributed by atoms with Gasteiger partial charge in [-0.25, -0.2) is 6.57 Å². The van der Waals surface area contributed by atoms with Gasteiger partial charge in [-0.3, -0.25) is 5.10 Å². The Bertz CT molecular complexity index is 464. The molecule has 0 aliphatic heterocycles. The number of nitrogens with zero attached hydrogens (tertiary/aromatic N) is 2. The molecule has 0 bridgehead atoms. The second-order valence-electron chi connectivity index (χ2n) is 2.99. The van der Waals surface area contributed by atoms with Crippen LogP contribution >= 0.6 is 0 Å². The average Bonchev–Trinajstić information content (AvgIpc) is 2.63. The molecule has 1 N–H and O–H groups in total. The Morgan fingerprint density at radius 1 is 1.54 bits per heavy atom. The molecule has 1 unspecified atom stereocenters. The first-order valence-electron chi connectivity index (χ1n) is 4.11. The fourth-order valence-electron chi connectivity index (χ4n) is 1.41. The van der Waals surface area contributed by atoms with Gasteiger partial charge in [0.05, 0.1) is 17.3 Å². The van der Waals surface area contributed by atoms with E-state index in [1.165, 1.54) is 0 Å². The van der Waals surface area contributed by atoms with Gasteiger partial charge < -0.3 is 4.85 Å². The Morgan fingerprint density at radius 2 is 2.38 bits per heavy atom. The number of hydrogen-bond donors (Lipinski definition) is 1. The predicted molar refractivity (Wildman–Crippen MR) is 51.1 cm³/mol. The maximum absolute atomic E-state index is 6.97. The van der Waals surface area contributed by atoms with E-state index in [1.807, 2.05) is 25.1 Å². The highest BCUT2D eigenvalue weighted by Gasteiger charge is 2.12. The van der Waals surface area contributed by atoms with Crippen LogP contribution in [0.1, 0.15) is 18.5 Å². The summed E-state index contributed by atoms with van der Waals surface area (Å²) in [6.45, 7) is 8.86. The van der Waals surface area contributed by atoms with Crippen LogP contribution in [-0.2, 0) is 0 Å². The van der Waals surface area contributed by atoms with Crippen LogP contribution in [0.2, 0.25) is 0 Å². The summed E-state index contributed by atoms with van der Waals surface area (Å²) >= 11 is 0. The Hall–Kier alpha value is -1.82. The summed E-state index contributed by atoms with van der Waals surface area (Å²) in [5, 5.41) is 7.92. The van der Waals surface area contributed by atoms with Gasteiger partial charge in [-0.15, -0.1) is 0 Å². The number of para-hydroxylation sites is 1. The van der Waals surface area contributed by atoms with E-state index in [1.54, 1.807) is 6.20 Å². The number of H-pyrrole nitrogens is 1. The highest BCUT2D eigenvalue weighted by molar-refractivity contribution is 5.81. The largest absolute Gasteiger partial charge is 0.309 e. The maximum Gasteiger partial charge on any atom is 0.248 e. The van der Waals surface area contributed by atoms with E-state index < -0.39 is 0 Å². The summed E-state index contributed by atoms with van der Waals surface area (Å²) < 4.78 is 0. The monoisotopic (exact) mass is 171 g/mol. The Balaban J connectivity index is 2.69. The molecule has 0 spiro atoms. The summed E-state index contributed by atoms with van der Waals surface area (Å²) in [4.78, 5) is 3.49. The maximum atomic E-state index is 6.97. The zero-order chi connectivity index (χ0) is 9.26. The third-order valence-electron chi connectivity index (χ3n) is 2.15. The molecule has 2 rings (SSSR count). The van der Waals surface area contributed by atoms with E-state index in [4.69, 9.17) is 6.57 Å². The molecule has 1 aromatic heterocycles. The minimum absolute atomic E-state index is 0.107. The van der Waals surface area contributed by atoms with Gasteiger partial charge in [0, 0.05) is 12.3 Å². The summed E-state index contributed by atoms with van der Waals surface area (Å²) in [7, 11) is 0. The minimum Gasteiger partial charge on any atom is -0.309 e. The van der Waals surface area contributed by atoms with Crippen molar-refractivity contribution in [1.82, 2.24) is 10.2 Å². The molecule has 0 saturated carbocycles. The highest BCUT2D eigenvalue weighted by atomic mass is 15.1. The van der Waals surface area contributed by atoms with Gasteiger partial charge >= 0.3 is 0 Å². The van der Waals surface area contributed by atoms with Crippen molar-refractivity contribution >= 4 is 10.9 Å². The van der Waals surface area contributed by atoms with Crippen LogP contribution < -0.4 is 0 Å². The van der Waals surface area contributed by atoms with Gasteiger partial charge in [0.15, 0.2) is 0 Å². The first kappa shape index (κ1) is 7.81. The molecule has 3 heteroatoms. The number of aromatic nitrogens is 2. The fourth-order valence-corrected chi connectivity index (χ4v) is 1.41. The molecule has 0 fully saturated rings. The summed E-state index contributed by atoms with van der Waals surface area (Å²) in [5.74, 6) is 0. The lowest BCUT2D eigenvalue weighted by Gasteiger charge is -1.99. The zero-order valence-corrected chi connectivity index (χ0v) is 7.28. The molecular formula is C10H9N3. The molecule has 2 aromatic rings. The fraction of sp³-hybridized carbons (Fsp3) is 0.200. The van der Waals surface area contributed by atoms with Crippen molar-refractivity contribution in [2.75, 3.05) is 0 Å². The Morgan fingerprint density at radius 3 is 3.15 bits per heavy atom. The first-order chi connectivity index (χ1) is 6.33. The SMILES string of the molecule is [C-]#[N+]C(C)c1cccc2cn[nH]c12. The van der Waals surface area contributed by atoms with Gasteiger partial charge in [-0.1, -0.05) is 12.1 Å². The molecule has 1 aromatic carbocycles. The first-order valence-corrected chi connectivity index (χ1v) is 4.11. The molecule has 0 radical (unpaired) electrons. The van der Waals surface area contributed by atoms with Gasteiger partial charge in [-0.05, 0) is 6.07 Å². The number of rotatable bonds is 1. The number of hydrogen-bond acceptors (Lipinski definition) is 1. The van der Waals surface area contributed by atoms with Crippen LogP contribution in [-0.4, -0.2) is 10.2 Å². The molecule has 0 saturated heterocycles. The predicted octanol–water partition coefficient (Wildman–Crippen LogP) is 2.54. The lowest BCUT2D eigenvalue weighted by atomic mass is 10.1. The van der Waals surface area contributed by atoms with Crippen molar-refractivity contribution in [2.45, 2.75) is 13.0 Å².